The average molecular weight is 333 g/mol. The summed E-state index contributed by atoms with van der Waals surface area (Å²) in [6.07, 6.45) is 0. The molecule has 2 aromatic carbocycles. The van der Waals surface area contributed by atoms with Crippen molar-refractivity contribution in [3.05, 3.63) is 79.6 Å². The van der Waals surface area contributed by atoms with Crippen LogP contribution in [-0.2, 0) is 0 Å². The summed E-state index contributed by atoms with van der Waals surface area (Å²) < 4.78 is 5.59. The van der Waals surface area contributed by atoms with E-state index in [1.807, 2.05) is 0 Å². The molecule has 22 heavy (non-hydrogen) atoms. The first kappa shape index (κ1) is 14.8. The van der Waals surface area contributed by atoms with Crippen molar-refractivity contribution in [3.8, 4) is 0 Å². The summed E-state index contributed by atoms with van der Waals surface area (Å²) in [5.74, 6) is -0.205. The van der Waals surface area contributed by atoms with Crippen molar-refractivity contribution in [2.24, 2.45) is 0 Å². The van der Waals surface area contributed by atoms with E-state index in [9.17, 15) is 9.59 Å². The topological polar surface area (TPSA) is 47.3 Å². The molecule has 1 aromatic heterocycles. The molecule has 0 aliphatic rings. The Kier molecular flexibility index (Phi) is 3.77. The molecule has 1 heterocycles. The number of carbonyl (C=O) groups is 1. The van der Waals surface area contributed by atoms with Crippen LogP contribution >= 0.6 is 23.2 Å². The molecule has 0 atom stereocenters. The normalized spacial score (nSPS) is 10.9. The molecule has 0 saturated carbocycles. The molecule has 3 aromatic rings. The molecule has 110 valence electrons. The maximum Gasteiger partial charge on any atom is 0.204 e. The Morgan fingerprint density at radius 1 is 1.09 bits per heavy atom. The molecule has 0 spiro atoms. The van der Waals surface area contributed by atoms with Crippen LogP contribution in [0.4, 0.5) is 0 Å². The molecule has 3 nitrogen and oxygen atoms in total. The lowest BCUT2D eigenvalue weighted by molar-refractivity contribution is 0.103. The van der Waals surface area contributed by atoms with Gasteiger partial charge < -0.3 is 4.42 Å². The van der Waals surface area contributed by atoms with Crippen LogP contribution in [0.5, 0.6) is 0 Å². The van der Waals surface area contributed by atoms with E-state index in [0.29, 0.717) is 10.6 Å². The number of benzene rings is 2. The van der Waals surface area contributed by atoms with Gasteiger partial charge in [0.15, 0.2) is 0 Å². The number of rotatable bonds is 2. The smallest absolute Gasteiger partial charge is 0.204 e. The lowest BCUT2D eigenvalue weighted by atomic mass is 10.0. The van der Waals surface area contributed by atoms with E-state index in [1.165, 1.54) is 6.07 Å². The fourth-order valence-corrected chi connectivity index (χ4v) is 2.72. The number of ketones is 1. The van der Waals surface area contributed by atoms with Gasteiger partial charge in [0.05, 0.1) is 10.4 Å². The van der Waals surface area contributed by atoms with Gasteiger partial charge in [-0.05, 0) is 37.3 Å². The third kappa shape index (κ3) is 2.43. The minimum absolute atomic E-state index is 0.0251. The summed E-state index contributed by atoms with van der Waals surface area (Å²) >= 11 is 12.0. The number of hydrogen-bond acceptors (Lipinski definition) is 3. The van der Waals surface area contributed by atoms with Crippen LogP contribution in [0, 0.1) is 6.92 Å². The Morgan fingerprint density at radius 2 is 1.82 bits per heavy atom. The highest BCUT2D eigenvalue weighted by atomic mass is 35.5. The predicted molar refractivity (Wildman–Crippen MR) is 87.1 cm³/mol. The SMILES string of the molecule is Cc1oc2ccc(Cl)cc2c(=O)c1C(=O)c1ccccc1Cl. The zero-order valence-corrected chi connectivity index (χ0v) is 13.0. The van der Waals surface area contributed by atoms with Crippen LogP contribution < -0.4 is 5.43 Å². The largest absolute Gasteiger partial charge is 0.460 e. The van der Waals surface area contributed by atoms with Crippen LogP contribution in [-0.4, -0.2) is 5.78 Å². The number of fused-ring (bicyclic) bond motifs is 1. The highest BCUT2D eigenvalue weighted by Gasteiger charge is 2.21. The van der Waals surface area contributed by atoms with Gasteiger partial charge in [-0.15, -0.1) is 0 Å². The van der Waals surface area contributed by atoms with Crippen molar-refractivity contribution in [2.45, 2.75) is 6.92 Å². The maximum atomic E-state index is 12.7. The minimum atomic E-state index is -0.460. The van der Waals surface area contributed by atoms with E-state index in [0.717, 1.165) is 0 Å². The first-order valence-corrected chi connectivity index (χ1v) is 7.27. The van der Waals surface area contributed by atoms with E-state index < -0.39 is 11.2 Å². The van der Waals surface area contributed by atoms with Crippen LogP contribution in [0.25, 0.3) is 11.0 Å². The van der Waals surface area contributed by atoms with Gasteiger partial charge in [0.1, 0.15) is 16.9 Å². The molecule has 0 aliphatic carbocycles. The average Bonchev–Trinajstić information content (AvgIpc) is 2.48. The van der Waals surface area contributed by atoms with E-state index in [1.54, 1.807) is 43.3 Å². The molecule has 0 bridgehead atoms. The zero-order chi connectivity index (χ0) is 15.9. The fourth-order valence-electron chi connectivity index (χ4n) is 2.32. The molecule has 0 fully saturated rings. The molecule has 0 amide bonds. The molecule has 0 radical (unpaired) electrons. The minimum Gasteiger partial charge on any atom is -0.460 e. The van der Waals surface area contributed by atoms with Crippen molar-refractivity contribution in [2.75, 3.05) is 0 Å². The summed E-state index contributed by atoms with van der Waals surface area (Å²) in [4.78, 5) is 25.3. The number of aryl methyl sites for hydroxylation is 1. The van der Waals surface area contributed by atoms with Gasteiger partial charge in [0.2, 0.25) is 11.2 Å². The lowest BCUT2D eigenvalue weighted by Crippen LogP contribution is -2.18. The van der Waals surface area contributed by atoms with Crippen molar-refractivity contribution in [3.63, 3.8) is 0 Å². The van der Waals surface area contributed by atoms with E-state index >= 15 is 0 Å². The second-order valence-electron chi connectivity index (χ2n) is 4.81. The molecule has 0 N–H and O–H groups in total. The Bertz CT molecular complexity index is 958. The zero-order valence-electron chi connectivity index (χ0n) is 11.5. The van der Waals surface area contributed by atoms with Gasteiger partial charge in [0.25, 0.3) is 0 Å². The van der Waals surface area contributed by atoms with Crippen LogP contribution in [0.1, 0.15) is 21.7 Å². The molecule has 5 heteroatoms. The number of carbonyl (C=O) groups excluding carboxylic acids is 1. The van der Waals surface area contributed by atoms with E-state index in [-0.39, 0.29) is 27.3 Å². The van der Waals surface area contributed by atoms with Gasteiger partial charge in [-0.25, -0.2) is 0 Å². The van der Waals surface area contributed by atoms with Crippen molar-refractivity contribution >= 4 is 40.0 Å². The second-order valence-corrected chi connectivity index (χ2v) is 5.66. The van der Waals surface area contributed by atoms with Gasteiger partial charge in [-0.3, -0.25) is 9.59 Å². The first-order chi connectivity index (χ1) is 10.5. The number of halogens is 2. The molecular formula is C17H10Cl2O3. The second kappa shape index (κ2) is 5.59. The van der Waals surface area contributed by atoms with Gasteiger partial charge >= 0.3 is 0 Å². The van der Waals surface area contributed by atoms with Crippen LogP contribution in [0.3, 0.4) is 0 Å². The third-order valence-electron chi connectivity index (χ3n) is 3.37. The summed E-state index contributed by atoms with van der Waals surface area (Å²) in [6, 6.07) is 11.3. The Balaban J connectivity index is 2.29. The quantitative estimate of drug-likeness (QED) is 0.642. The third-order valence-corrected chi connectivity index (χ3v) is 3.94. The first-order valence-electron chi connectivity index (χ1n) is 6.51. The Labute approximate surface area is 136 Å². The van der Waals surface area contributed by atoms with Crippen molar-refractivity contribution < 1.29 is 9.21 Å². The summed E-state index contributed by atoms with van der Waals surface area (Å²) in [7, 11) is 0. The van der Waals surface area contributed by atoms with Gasteiger partial charge in [-0.2, -0.15) is 0 Å². The van der Waals surface area contributed by atoms with E-state index in [2.05, 4.69) is 0 Å². The lowest BCUT2D eigenvalue weighted by Gasteiger charge is -2.07. The van der Waals surface area contributed by atoms with Gasteiger partial charge in [-0.1, -0.05) is 35.3 Å². The standard InChI is InChI=1S/C17H10Cl2O3/c1-9-15(16(20)11-4-2-3-5-13(11)19)17(21)12-8-10(18)6-7-14(12)22-9/h2-8H,1H3. The summed E-state index contributed by atoms with van der Waals surface area (Å²) in [6.45, 7) is 1.58. The molecule has 0 aliphatic heterocycles. The van der Waals surface area contributed by atoms with Gasteiger partial charge in [0, 0.05) is 10.6 Å². The van der Waals surface area contributed by atoms with Crippen LogP contribution in [0.2, 0.25) is 10.0 Å². The Morgan fingerprint density at radius 3 is 2.55 bits per heavy atom. The van der Waals surface area contributed by atoms with E-state index in [4.69, 9.17) is 27.6 Å². The molecular weight excluding hydrogens is 323 g/mol. The Hall–Kier alpha value is -2.10. The predicted octanol–water partition coefficient (Wildman–Crippen LogP) is 4.64. The fraction of sp³-hybridized carbons (Fsp3) is 0.0588. The molecule has 3 rings (SSSR count). The van der Waals surface area contributed by atoms with Crippen molar-refractivity contribution in [1.82, 2.24) is 0 Å². The molecule has 0 unspecified atom stereocenters. The maximum absolute atomic E-state index is 12.7. The number of hydrogen-bond donors (Lipinski definition) is 0. The summed E-state index contributed by atoms with van der Waals surface area (Å²) in [5, 5.41) is 0.964. The van der Waals surface area contributed by atoms with Crippen LogP contribution in [0.15, 0.2) is 51.7 Å². The molecule has 0 saturated heterocycles. The summed E-state index contributed by atoms with van der Waals surface area (Å²) in [5.41, 5.74) is 0.220. The van der Waals surface area contributed by atoms with Crippen molar-refractivity contribution in [1.29, 1.82) is 0 Å². The highest BCUT2D eigenvalue weighted by Crippen LogP contribution is 2.23. The monoisotopic (exact) mass is 332 g/mol. The highest BCUT2D eigenvalue weighted by molar-refractivity contribution is 6.35.